The van der Waals surface area contributed by atoms with Crippen LogP contribution in [0.15, 0.2) is 42.7 Å². The minimum Gasteiger partial charge on any atom is -0.496 e. The number of aromatic nitrogens is 1. The number of carbonyl (C=O) groups is 1. The second kappa shape index (κ2) is 7.93. The molecule has 0 bridgehead atoms. The molecule has 0 saturated heterocycles. The molecule has 1 aromatic heterocycles. The fourth-order valence-electron chi connectivity index (χ4n) is 3.02. The number of rotatable bonds is 5. The molecule has 0 N–H and O–H groups in total. The summed E-state index contributed by atoms with van der Waals surface area (Å²) in [5.41, 5.74) is 3.02. The van der Waals surface area contributed by atoms with Crippen molar-refractivity contribution in [3.05, 3.63) is 53.9 Å². The van der Waals surface area contributed by atoms with Gasteiger partial charge in [0, 0.05) is 24.5 Å². The molecule has 0 atom stereocenters. The smallest absolute Gasteiger partial charge is 0.252 e. The first-order chi connectivity index (χ1) is 11.8. The van der Waals surface area contributed by atoms with Crippen LogP contribution in [-0.2, 0) is 22.6 Å². The van der Waals surface area contributed by atoms with E-state index in [1.165, 1.54) is 0 Å². The third-order valence-corrected chi connectivity index (χ3v) is 4.20. The summed E-state index contributed by atoms with van der Waals surface area (Å²) in [6.07, 6.45) is 6.42. The molecule has 2 heterocycles. The molecule has 0 radical (unpaired) electrons. The molecule has 1 aliphatic heterocycles. The van der Waals surface area contributed by atoms with Crippen LogP contribution in [0.4, 0.5) is 5.69 Å². The van der Waals surface area contributed by atoms with Gasteiger partial charge in [0.05, 0.1) is 19.4 Å². The summed E-state index contributed by atoms with van der Waals surface area (Å²) in [5.74, 6) is 0.832. The lowest BCUT2D eigenvalue weighted by Crippen LogP contribution is -2.34. The first-order valence-corrected chi connectivity index (χ1v) is 8.22. The van der Waals surface area contributed by atoms with Gasteiger partial charge < -0.3 is 14.4 Å². The summed E-state index contributed by atoms with van der Waals surface area (Å²) in [4.78, 5) is 18.5. The number of anilines is 1. The van der Waals surface area contributed by atoms with Gasteiger partial charge >= 0.3 is 0 Å². The minimum absolute atomic E-state index is 0.0182. The van der Waals surface area contributed by atoms with Crippen LogP contribution in [0.3, 0.4) is 0 Å². The van der Waals surface area contributed by atoms with E-state index < -0.39 is 0 Å². The molecule has 0 spiro atoms. The van der Waals surface area contributed by atoms with E-state index in [1.807, 2.05) is 35.2 Å². The molecule has 0 saturated carbocycles. The van der Waals surface area contributed by atoms with Crippen LogP contribution in [0.1, 0.15) is 24.0 Å². The van der Waals surface area contributed by atoms with E-state index in [0.29, 0.717) is 6.61 Å². The van der Waals surface area contributed by atoms with E-state index in [1.54, 1.807) is 19.5 Å². The Balaban J connectivity index is 1.69. The fourth-order valence-corrected chi connectivity index (χ4v) is 3.02. The van der Waals surface area contributed by atoms with Crippen molar-refractivity contribution in [3.63, 3.8) is 0 Å². The van der Waals surface area contributed by atoms with E-state index in [0.717, 1.165) is 48.4 Å². The largest absolute Gasteiger partial charge is 0.496 e. The van der Waals surface area contributed by atoms with Gasteiger partial charge in [-0.1, -0.05) is 12.1 Å². The summed E-state index contributed by atoms with van der Waals surface area (Å²) >= 11 is 0. The third-order valence-electron chi connectivity index (χ3n) is 4.20. The fraction of sp³-hybridized carbons (Fsp3) is 0.368. The van der Waals surface area contributed by atoms with Crippen molar-refractivity contribution < 1.29 is 14.3 Å². The first-order valence-electron chi connectivity index (χ1n) is 8.22. The second-order valence-corrected chi connectivity index (χ2v) is 5.81. The third kappa shape index (κ3) is 3.74. The molecule has 0 unspecified atom stereocenters. The molecule has 1 aliphatic rings. The average molecular weight is 326 g/mol. The van der Waals surface area contributed by atoms with E-state index >= 15 is 0 Å². The van der Waals surface area contributed by atoms with Crippen molar-refractivity contribution >= 4 is 11.6 Å². The lowest BCUT2D eigenvalue weighted by atomic mass is 10.1. The molecule has 24 heavy (non-hydrogen) atoms. The number of amides is 1. The van der Waals surface area contributed by atoms with Crippen molar-refractivity contribution in [1.82, 2.24) is 4.98 Å². The van der Waals surface area contributed by atoms with Crippen molar-refractivity contribution in [2.75, 3.05) is 25.2 Å². The second-order valence-electron chi connectivity index (χ2n) is 5.81. The summed E-state index contributed by atoms with van der Waals surface area (Å²) in [5, 5.41) is 0. The van der Waals surface area contributed by atoms with Crippen LogP contribution in [0, 0.1) is 0 Å². The van der Waals surface area contributed by atoms with Gasteiger partial charge in [0.15, 0.2) is 0 Å². The van der Waals surface area contributed by atoms with Gasteiger partial charge in [0.25, 0.3) is 5.91 Å². The van der Waals surface area contributed by atoms with E-state index in [-0.39, 0.29) is 12.5 Å². The van der Waals surface area contributed by atoms with Gasteiger partial charge in [0.2, 0.25) is 0 Å². The normalized spacial score (nSPS) is 14.0. The Morgan fingerprint density at radius 2 is 2.17 bits per heavy atom. The van der Waals surface area contributed by atoms with Gasteiger partial charge in [0.1, 0.15) is 12.4 Å². The topological polar surface area (TPSA) is 51.7 Å². The van der Waals surface area contributed by atoms with Gasteiger partial charge in [-0.25, -0.2) is 0 Å². The number of pyridine rings is 1. The summed E-state index contributed by atoms with van der Waals surface area (Å²) < 4.78 is 11.0. The summed E-state index contributed by atoms with van der Waals surface area (Å²) in [7, 11) is 1.67. The van der Waals surface area contributed by atoms with Crippen LogP contribution in [0.2, 0.25) is 0 Å². The summed E-state index contributed by atoms with van der Waals surface area (Å²) in [6.45, 7) is 1.17. The number of fused-ring (bicyclic) bond motifs is 1. The predicted molar refractivity (Wildman–Crippen MR) is 92.2 cm³/mol. The minimum atomic E-state index is -0.0182. The highest BCUT2D eigenvalue weighted by molar-refractivity contribution is 5.95. The number of nitrogens with zero attached hydrogens (tertiary/aromatic N) is 2. The van der Waals surface area contributed by atoms with E-state index in [4.69, 9.17) is 9.47 Å². The standard InChI is InChI=1S/C19H22N2O3/c1-23-18-9-4-8-17-16(18)7-2-3-11-21(17)19(22)14-24-13-15-6-5-10-20-12-15/h4-6,8-10,12H,2-3,7,11,13-14H2,1H3. The quantitative estimate of drug-likeness (QED) is 0.847. The Kier molecular flexibility index (Phi) is 5.43. The molecule has 0 fully saturated rings. The number of benzene rings is 1. The Morgan fingerprint density at radius 3 is 2.96 bits per heavy atom. The molecule has 0 aliphatic carbocycles. The van der Waals surface area contributed by atoms with Crippen molar-refractivity contribution in [2.45, 2.75) is 25.9 Å². The number of methoxy groups -OCH3 is 1. The first kappa shape index (κ1) is 16.5. The Bertz CT molecular complexity index is 688. The zero-order chi connectivity index (χ0) is 16.8. The highest BCUT2D eigenvalue weighted by atomic mass is 16.5. The van der Waals surface area contributed by atoms with Gasteiger partial charge in [-0.05, 0) is 43.0 Å². The summed E-state index contributed by atoms with van der Waals surface area (Å²) in [6, 6.07) is 9.66. The zero-order valence-electron chi connectivity index (χ0n) is 13.9. The maximum atomic E-state index is 12.6. The average Bonchev–Trinajstić information content (AvgIpc) is 2.85. The Morgan fingerprint density at radius 1 is 1.25 bits per heavy atom. The molecule has 5 nitrogen and oxygen atoms in total. The highest BCUT2D eigenvalue weighted by Gasteiger charge is 2.23. The van der Waals surface area contributed by atoms with Gasteiger partial charge in [-0.3, -0.25) is 9.78 Å². The molecule has 1 amide bonds. The molecule has 2 aromatic rings. The van der Waals surface area contributed by atoms with Gasteiger partial charge in [-0.2, -0.15) is 0 Å². The Hall–Kier alpha value is -2.40. The molecule has 126 valence electrons. The number of hydrogen-bond donors (Lipinski definition) is 0. The predicted octanol–water partition coefficient (Wildman–Crippen LogP) is 2.98. The maximum Gasteiger partial charge on any atom is 0.252 e. The van der Waals surface area contributed by atoms with Crippen molar-refractivity contribution in [2.24, 2.45) is 0 Å². The van der Waals surface area contributed by atoms with Crippen LogP contribution in [-0.4, -0.2) is 31.2 Å². The Labute approximate surface area is 142 Å². The zero-order valence-corrected chi connectivity index (χ0v) is 13.9. The van der Waals surface area contributed by atoms with Crippen molar-refractivity contribution in [3.8, 4) is 5.75 Å². The van der Waals surface area contributed by atoms with Gasteiger partial charge in [-0.15, -0.1) is 0 Å². The van der Waals surface area contributed by atoms with Crippen LogP contribution < -0.4 is 9.64 Å². The number of ether oxygens (including phenoxy) is 2. The molecule has 3 rings (SSSR count). The van der Waals surface area contributed by atoms with Crippen LogP contribution >= 0.6 is 0 Å². The van der Waals surface area contributed by atoms with Crippen LogP contribution in [0.25, 0.3) is 0 Å². The maximum absolute atomic E-state index is 12.6. The van der Waals surface area contributed by atoms with E-state index in [2.05, 4.69) is 4.98 Å². The lowest BCUT2D eigenvalue weighted by molar-refractivity contribution is -0.123. The number of carbonyl (C=O) groups excluding carboxylic acids is 1. The molecule has 1 aromatic carbocycles. The highest BCUT2D eigenvalue weighted by Crippen LogP contribution is 2.33. The molecule has 5 heteroatoms. The molecular formula is C19H22N2O3. The lowest BCUT2D eigenvalue weighted by Gasteiger charge is -2.23. The van der Waals surface area contributed by atoms with Crippen LogP contribution in [0.5, 0.6) is 5.75 Å². The SMILES string of the molecule is COc1cccc2c1CCCCN2C(=O)COCc1cccnc1. The monoisotopic (exact) mass is 326 g/mol. The number of hydrogen-bond acceptors (Lipinski definition) is 4. The van der Waals surface area contributed by atoms with Crippen molar-refractivity contribution in [1.29, 1.82) is 0 Å². The van der Waals surface area contributed by atoms with E-state index in [9.17, 15) is 4.79 Å². The molecular weight excluding hydrogens is 304 g/mol.